The van der Waals surface area contributed by atoms with Gasteiger partial charge in [0.15, 0.2) is 0 Å². The monoisotopic (exact) mass is 294 g/mol. The van der Waals surface area contributed by atoms with Crippen LogP contribution in [0.3, 0.4) is 0 Å². The van der Waals surface area contributed by atoms with Crippen molar-refractivity contribution in [1.29, 1.82) is 0 Å². The molecular weight excluding hydrogens is 263 g/mol. The van der Waals surface area contributed by atoms with E-state index in [-0.39, 0.29) is 7.92 Å². The van der Waals surface area contributed by atoms with Gasteiger partial charge in [0.25, 0.3) is 0 Å². The van der Waals surface area contributed by atoms with Gasteiger partial charge in [0.1, 0.15) is 0 Å². The van der Waals surface area contributed by atoms with Crippen molar-refractivity contribution in [3.8, 4) is 0 Å². The van der Waals surface area contributed by atoms with Crippen molar-refractivity contribution in [3.63, 3.8) is 0 Å². The summed E-state index contributed by atoms with van der Waals surface area (Å²) >= 11 is 0. The fourth-order valence-corrected chi connectivity index (χ4v) is 3.40. The summed E-state index contributed by atoms with van der Waals surface area (Å²) in [4.78, 5) is 2.21. The molecule has 0 radical (unpaired) electrons. The van der Waals surface area contributed by atoms with Crippen LogP contribution in [0.25, 0.3) is 0 Å². The molecule has 0 amide bonds. The highest BCUT2D eigenvalue weighted by molar-refractivity contribution is 7.56. The van der Waals surface area contributed by atoms with E-state index in [9.17, 15) is 0 Å². The average molecular weight is 294 g/mol. The summed E-state index contributed by atoms with van der Waals surface area (Å²) in [6, 6.07) is 0. The predicted molar refractivity (Wildman–Crippen MR) is 93.7 cm³/mol. The van der Waals surface area contributed by atoms with Crippen LogP contribution in [-0.2, 0) is 0 Å². The Kier molecular flexibility index (Phi) is 7.99. The van der Waals surface area contributed by atoms with Gasteiger partial charge in [-0.05, 0) is 39.0 Å². The molecule has 1 atom stereocenters. The van der Waals surface area contributed by atoms with E-state index in [1.165, 1.54) is 24.8 Å². The van der Waals surface area contributed by atoms with Gasteiger partial charge in [0, 0.05) is 25.8 Å². The molecule has 0 bridgehead atoms. The van der Waals surface area contributed by atoms with Crippen LogP contribution in [0.5, 0.6) is 0 Å². The molecule has 2 nitrogen and oxygen atoms in total. The highest BCUT2D eigenvalue weighted by atomic mass is 31.1. The Morgan fingerprint density at radius 1 is 1.45 bits per heavy atom. The quantitative estimate of drug-likeness (QED) is 0.642. The molecule has 1 unspecified atom stereocenters. The van der Waals surface area contributed by atoms with Gasteiger partial charge in [0.05, 0.1) is 5.82 Å². The van der Waals surface area contributed by atoms with E-state index >= 15 is 0 Å². The van der Waals surface area contributed by atoms with Crippen molar-refractivity contribution in [3.05, 3.63) is 36.2 Å². The summed E-state index contributed by atoms with van der Waals surface area (Å²) in [6.07, 6.45) is 11.8. The number of nitrogens with zero attached hydrogens (tertiary/aromatic N) is 1. The molecule has 114 valence electrons. The number of hydrogen-bond acceptors (Lipinski definition) is 2. The molecule has 0 saturated carbocycles. The molecule has 0 spiro atoms. The Balaban J connectivity index is 2.45. The van der Waals surface area contributed by atoms with E-state index in [0.717, 1.165) is 31.0 Å². The first-order chi connectivity index (χ1) is 9.54. The van der Waals surface area contributed by atoms with Crippen molar-refractivity contribution in [2.24, 2.45) is 0 Å². The topological polar surface area (TPSA) is 15.3 Å². The first-order valence-electron chi connectivity index (χ1n) is 7.70. The highest BCUT2D eigenvalue weighted by Gasteiger charge is 2.15. The van der Waals surface area contributed by atoms with E-state index in [1.54, 1.807) is 0 Å². The Morgan fingerprint density at radius 3 is 2.75 bits per heavy atom. The molecule has 0 fully saturated rings. The highest BCUT2D eigenvalue weighted by Crippen LogP contribution is 2.36. The van der Waals surface area contributed by atoms with Crippen LogP contribution in [0.1, 0.15) is 32.6 Å². The van der Waals surface area contributed by atoms with Gasteiger partial charge in [-0.2, -0.15) is 0 Å². The molecule has 0 saturated heterocycles. The maximum absolute atomic E-state index is 4.14. The van der Waals surface area contributed by atoms with Crippen LogP contribution in [0.15, 0.2) is 36.2 Å². The van der Waals surface area contributed by atoms with Gasteiger partial charge in [-0.3, -0.25) is 0 Å². The number of nitrogens with one attached hydrogen (secondary N) is 1. The van der Waals surface area contributed by atoms with Crippen molar-refractivity contribution >= 4 is 7.92 Å². The fraction of sp³-hybridized carbons (Fsp3) is 0.647. The second-order valence-electron chi connectivity index (χ2n) is 5.83. The van der Waals surface area contributed by atoms with Crippen LogP contribution in [0.2, 0.25) is 0 Å². The lowest BCUT2D eigenvalue weighted by molar-refractivity contribution is 0.385. The Bertz CT molecular complexity index is 358. The van der Waals surface area contributed by atoms with Gasteiger partial charge >= 0.3 is 0 Å². The average Bonchev–Trinajstić information content (AvgIpc) is 2.44. The van der Waals surface area contributed by atoms with E-state index in [0.29, 0.717) is 0 Å². The summed E-state index contributed by atoms with van der Waals surface area (Å²) in [7, 11) is 2.17. The molecule has 1 aliphatic carbocycles. The van der Waals surface area contributed by atoms with Crippen molar-refractivity contribution in [2.45, 2.75) is 38.3 Å². The fourth-order valence-electron chi connectivity index (χ4n) is 2.37. The molecule has 0 aromatic heterocycles. The Morgan fingerprint density at radius 2 is 2.20 bits per heavy atom. The van der Waals surface area contributed by atoms with Crippen molar-refractivity contribution < 1.29 is 0 Å². The standard InChI is InChI=1S/C17H31N2P/c1-6-12-19(3)15(2)18-14-17(20(4)5)13-16-10-8-7-9-11-16/h8,10-11,17-18H,2,6-7,9,12-14H2,1,3-5H3. The molecule has 20 heavy (non-hydrogen) atoms. The zero-order valence-corrected chi connectivity index (χ0v) is 14.5. The van der Waals surface area contributed by atoms with E-state index in [1.807, 2.05) is 0 Å². The van der Waals surface area contributed by atoms with Crippen molar-refractivity contribution in [1.82, 2.24) is 10.2 Å². The third kappa shape index (κ3) is 6.13. The third-order valence-corrected chi connectivity index (χ3v) is 5.66. The first kappa shape index (κ1) is 17.3. The number of rotatable bonds is 9. The smallest absolute Gasteiger partial charge is 0.0936 e. The maximum atomic E-state index is 4.14. The number of hydrogen-bond donors (Lipinski definition) is 1. The van der Waals surface area contributed by atoms with Crippen LogP contribution >= 0.6 is 7.92 Å². The normalized spacial score (nSPS) is 15.9. The van der Waals surface area contributed by atoms with Gasteiger partial charge in [-0.1, -0.05) is 37.3 Å². The zero-order chi connectivity index (χ0) is 15.0. The SMILES string of the molecule is C=C(NCC(CC1=CCCC=C1)P(C)C)N(C)CCC. The minimum atomic E-state index is 0.0566. The second kappa shape index (κ2) is 9.23. The summed E-state index contributed by atoms with van der Waals surface area (Å²) in [5.41, 5.74) is 2.25. The molecule has 0 aromatic carbocycles. The van der Waals surface area contributed by atoms with Crippen LogP contribution < -0.4 is 5.32 Å². The summed E-state index contributed by atoms with van der Waals surface area (Å²) < 4.78 is 0. The molecule has 0 aromatic rings. The lowest BCUT2D eigenvalue weighted by Crippen LogP contribution is -2.33. The van der Waals surface area contributed by atoms with Gasteiger partial charge in [-0.15, -0.1) is 7.92 Å². The lowest BCUT2D eigenvalue weighted by atomic mass is 10.0. The molecular formula is C17H31N2P. The molecule has 1 rings (SSSR count). The molecule has 0 heterocycles. The Hall–Kier alpha value is -0.750. The van der Waals surface area contributed by atoms with Gasteiger partial charge < -0.3 is 10.2 Å². The molecule has 3 heteroatoms. The minimum Gasteiger partial charge on any atom is -0.372 e. The van der Waals surface area contributed by atoms with Crippen LogP contribution in [-0.4, -0.2) is 44.0 Å². The van der Waals surface area contributed by atoms with Gasteiger partial charge in [0.2, 0.25) is 0 Å². The maximum Gasteiger partial charge on any atom is 0.0936 e. The zero-order valence-electron chi connectivity index (χ0n) is 13.7. The van der Waals surface area contributed by atoms with Crippen LogP contribution in [0, 0.1) is 0 Å². The second-order valence-corrected chi connectivity index (χ2v) is 8.49. The van der Waals surface area contributed by atoms with Crippen LogP contribution in [0.4, 0.5) is 0 Å². The van der Waals surface area contributed by atoms with E-state index in [2.05, 4.69) is 62.3 Å². The molecule has 1 N–H and O–H groups in total. The molecule has 1 aliphatic rings. The lowest BCUT2D eigenvalue weighted by Gasteiger charge is -2.27. The summed E-state index contributed by atoms with van der Waals surface area (Å²) in [5.74, 6) is 1.06. The molecule has 0 aliphatic heterocycles. The summed E-state index contributed by atoms with van der Waals surface area (Å²) in [5, 5.41) is 3.53. The van der Waals surface area contributed by atoms with Crippen molar-refractivity contribution in [2.75, 3.05) is 33.5 Å². The largest absolute Gasteiger partial charge is 0.372 e. The third-order valence-electron chi connectivity index (χ3n) is 3.83. The van der Waals surface area contributed by atoms with E-state index < -0.39 is 0 Å². The number of allylic oxidation sites excluding steroid dienone is 4. The predicted octanol–water partition coefficient (Wildman–Crippen LogP) is 4.17. The Labute approximate surface area is 126 Å². The minimum absolute atomic E-state index is 0.0566. The van der Waals surface area contributed by atoms with Gasteiger partial charge in [-0.25, -0.2) is 0 Å². The first-order valence-corrected chi connectivity index (χ1v) is 10.0. The van der Waals surface area contributed by atoms with E-state index in [4.69, 9.17) is 0 Å². The summed E-state index contributed by atoms with van der Waals surface area (Å²) in [6.45, 7) is 13.2.